The highest BCUT2D eigenvalue weighted by atomic mass is 32.2. The Morgan fingerprint density at radius 3 is 2.47 bits per heavy atom. The van der Waals surface area contributed by atoms with Crippen molar-refractivity contribution in [2.45, 2.75) is 0 Å². The molecule has 0 heterocycles. The minimum Gasteiger partial charge on any atom is -0.453 e. The molecule has 6 nitrogen and oxygen atoms in total. The molecule has 19 heavy (non-hydrogen) atoms. The maximum absolute atomic E-state index is 13.6. The van der Waals surface area contributed by atoms with Crippen molar-refractivity contribution in [3.63, 3.8) is 0 Å². The number of rotatable bonds is 5. The van der Waals surface area contributed by atoms with E-state index >= 15 is 0 Å². The minimum absolute atomic E-state index is 0.0687. The van der Waals surface area contributed by atoms with Crippen LogP contribution in [0.4, 0.5) is 25.0 Å². The first kappa shape index (κ1) is 15.3. The summed E-state index contributed by atoms with van der Waals surface area (Å²) < 4.78 is 50.3. The van der Waals surface area contributed by atoms with Crippen LogP contribution in [0, 0.1) is 11.6 Å². The molecule has 1 unspecified atom stereocenters. The maximum atomic E-state index is 13.6. The van der Waals surface area contributed by atoms with Crippen LogP contribution in [0.3, 0.4) is 0 Å². The van der Waals surface area contributed by atoms with Crippen LogP contribution >= 0.6 is 0 Å². The highest BCUT2D eigenvalue weighted by Crippen LogP contribution is 2.23. The lowest BCUT2D eigenvalue weighted by Crippen LogP contribution is -2.14. The van der Waals surface area contributed by atoms with Crippen molar-refractivity contribution >= 4 is 28.5 Å². The molecule has 1 rings (SSSR count). The number of nitrogens with one attached hydrogen (secondary N) is 2. The number of carbonyl (C=O) groups is 1. The van der Waals surface area contributed by atoms with E-state index < -0.39 is 34.5 Å². The van der Waals surface area contributed by atoms with E-state index in [9.17, 15) is 17.8 Å². The summed E-state index contributed by atoms with van der Waals surface area (Å²) in [5.74, 6) is -2.04. The molecule has 1 atom stereocenters. The number of amides is 1. The average molecular weight is 294 g/mol. The Balaban J connectivity index is 2.79. The van der Waals surface area contributed by atoms with Crippen molar-refractivity contribution in [1.29, 1.82) is 0 Å². The summed E-state index contributed by atoms with van der Waals surface area (Å²) in [5, 5.41) is 4.48. The number of methoxy groups -OCH3 is 1. The number of anilines is 2. The first-order valence-electron chi connectivity index (χ1n) is 5.09. The van der Waals surface area contributed by atoms with Gasteiger partial charge in [-0.05, 0) is 12.1 Å². The van der Waals surface area contributed by atoms with Crippen LogP contribution < -0.4 is 10.6 Å². The number of halogens is 2. The number of ether oxygens (including phenoxy) is 1. The van der Waals surface area contributed by atoms with Crippen molar-refractivity contribution in [2.24, 2.45) is 0 Å². The monoisotopic (exact) mass is 294 g/mol. The first-order chi connectivity index (χ1) is 8.93. The molecule has 106 valence electrons. The van der Waals surface area contributed by atoms with Gasteiger partial charge in [0.05, 0.1) is 12.9 Å². The Bertz CT molecular complexity index is 475. The van der Waals surface area contributed by atoms with Gasteiger partial charge in [-0.3, -0.25) is 5.32 Å². The first-order valence-corrected chi connectivity index (χ1v) is 6.37. The molecule has 9 heteroatoms. The zero-order valence-electron chi connectivity index (χ0n) is 9.91. The van der Waals surface area contributed by atoms with Crippen molar-refractivity contribution in [3.05, 3.63) is 23.8 Å². The molecule has 1 aromatic carbocycles. The molecule has 0 aliphatic carbocycles. The van der Waals surface area contributed by atoms with Gasteiger partial charge in [0.1, 0.15) is 5.69 Å². The van der Waals surface area contributed by atoms with Crippen LogP contribution in [0.25, 0.3) is 0 Å². The van der Waals surface area contributed by atoms with Crippen LogP contribution in [-0.2, 0) is 15.8 Å². The van der Waals surface area contributed by atoms with Gasteiger partial charge in [0, 0.05) is 12.2 Å². The average Bonchev–Trinajstić information content (AvgIpc) is 2.32. The van der Waals surface area contributed by atoms with E-state index in [1.807, 2.05) is 0 Å². The molecule has 3 N–H and O–H groups in total. The molecule has 0 bridgehead atoms. The molecule has 0 radical (unpaired) electrons. The molecule has 0 saturated carbocycles. The molecule has 0 spiro atoms. The zero-order valence-corrected chi connectivity index (χ0v) is 10.7. The van der Waals surface area contributed by atoms with Gasteiger partial charge < -0.3 is 14.6 Å². The predicted molar refractivity (Wildman–Crippen MR) is 66.5 cm³/mol. The third-order valence-electron chi connectivity index (χ3n) is 2.05. The summed E-state index contributed by atoms with van der Waals surface area (Å²) in [7, 11) is 1.12. The number of benzene rings is 1. The van der Waals surface area contributed by atoms with E-state index in [0.29, 0.717) is 0 Å². The van der Waals surface area contributed by atoms with E-state index in [2.05, 4.69) is 15.4 Å². The topological polar surface area (TPSA) is 87.7 Å². The summed E-state index contributed by atoms with van der Waals surface area (Å²) in [4.78, 5) is 10.9. The number of hydrogen-bond acceptors (Lipinski definition) is 4. The van der Waals surface area contributed by atoms with E-state index in [1.165, 1.54) is 0 Å². The van der Waals surface area contributed by atoms with E-state index in [-0.39, 0.29) is 18.0 Å². The summed E-state index contributed by atoms with van der Waals surface area (Å²) in [6, 6.07) is 1.80. The maximum Gasteiger partial charge on any atom is 0.411 e. The smallest absolute Gasteiger partial charge is 0.411 e. The van der Waals surface area contributed by atoms with Gasteiger partial charge >= 0.3 is 6.09 Å². The molecule has 0 aliphatic heterocycles. The Hall–Kier alpha value is -1.74. The normalized spacial score (nSPS) is 11.8. The second-order valence-electron chi connectivity index (χ2n) is 3.38. The van der Waals surface area contributed by atoms with Crippen molar-refractivity contribution in [3.8, 4) is 0 Å². The van der Waals surface area contributed by atoms with Crippen LogP contribution in [0.15, 0.2) is 12.1 Å². The molecule has 0 aromatic heterocycles. The Kier molecular flexibility index (Phi) is 5.64. The molecule has 1 aromatic rings. The van der Waals surface area contributed by atoms with Gasteiger partial charge in [-0.1, -0.05) is 0 Å². The van der Waals surface area contributed by atoms with Gasteiger partial charge in [-0.15, -0.1) is 0 Å². The minimum atomic E-state index is -2.05. The number of hydrogen-bond donors (Lipinski definition) is 3. The largest absolute Gasteiger partial charge is 0.453 e. The predicted octanol–water partition coefficient (Wildman–Crippen LogP) is 1.78. The second-order valence-corrected chi connectivity index (χ2v) is 4.44. The van der Waals surface area contributed by atoms with Crippen LogP contribution in [-0.4, -0.2) is 34.3 Å². The SMILES string of the molecule is COC(=O)Nc1cc(F)c(NCCS(=O)O)c(F)c1. The van der Waals surface area contributed by atoms with Crippen LogP contribution in [0.2, 0.25) is 0 Å². The fraction of sp³-hybridized carbons (Fsp3) is 0.300. The molecule has 0 aliphatic rings. The molecule has 1 amide bonds. The van der Waals surface area contributed by atoms with Crippen LogP contribution in [0.1, 0.15) is 0 Å². The van der Waals surface area contributed by atoms with Crippen LogP contribution in [0.5, 0.6) is 0 Å². The summed E-state index contributed by atoms with van der Waals surface area (Å²) in [5.41, 5.74) is -0.529. The van der Waals surface area contributed by atoms with Gasteiger partial charge in [0.25, 0.3) is 0 Å². The molecular formula is C10H12F2N2O4S. The van der Waals surface area contributed by atoms with Gasteiger partial charge in [-0.25, -0.2) is 17.8 Å². The van der Waals surface area contributed by atoms with E-state index in [0.717, 1.165) is 19.2 Å². The Morgan fingerprint density at radius 2 is 2.00 bits per heavy atom. The Labute approximate surface area is 110 Å². The fourth-order valence-corrected chi connectivity index (χ4v) is 1.52. The fourth-order valence-electron chi connectivity index (χ4n) is 1.25. The van der Waals surface area contributed by atoms with E-state index in [1.54, 1.807) is 0 Å². The lowest BCUT2D eigenvalue weighted by Gasteiger charge is -2.10. The van der Waals surface area contributed by atoms with Gasteiger partial charge in [0.2, 0.25) is 0 Å². The summed E-state index contributed by atoms with van der Waals surface area (Å²) >= 11 is -2.05. The highest BCUT2D eigenvalue weighted by Gasteiger charge is 2.12. The summed E-state index contributed by atoms with van der Waals surface area (Å²) in [6.07, 6.45) is -0.852. The molecule has 0 fully saturated rings. The molecular weight excluding hydrogens is 282 g/mol. The number of carbonyl (C=O) groups excluding carboxylic acids is 1. The standard InChI is InChI=1S/C10H12F2N2O4S/c1-18-10(15)14-6-4-7(11)9(8(12)5-6)13-2-3-19(16)17/h4-5,13H,2-3H2,1H3,(H,14,15)(H,16,17). The lowest BCUT2D eigenvalue weighted by molar-refractivity contribution is 0.187. The van der Waals surface area contributed by atoms with Gasteiger partial charge in [0.15, 0.2) is 22.7 Å². The Morgan fingerprint density at radius 1 is 1.42 bits per heavy atom. The third-order valence-corrected chi connectivity index (χ3v) is 2.61. The highest BCUT2D eigenvalue weighted by molar-refractivity contribution is 7.79. The zero-order chi connectivity index (χ0) is 14.4. The van der Waals surface area contributed by atoms with Gasteiger partial charge in [-0.2, -0.15) is 0 Å². The van der Waals surface area contributed by atoms with Crippen molar-refractivity contribution in [1.82, 2.24) is 0 Å². The molecule has 0 saturated heterocycles. The lowest BCUT2D eigenvalue weighted by atomic mass is 10.2. The quantitative estimate of drug-likeness (QED) is 0.720. The third kappa shape index (κ3) is 4.79. The summed E-state index contributed by atoms with van der Waals surface area (Å²) in [6.45, 7) is -0.0687. The van der Waals surface area contributed by atoms with E-state index in [4.69, 9.17) is 4.55 Å². The van der Waals surface area contributed by atoms with Crippen molar-refractivity contribution in [2.75, 3.05) is 30.0 Å². The second kappa shape index (κ2) is 7.00. The van der Waals surface area contributed by atoms with Crippen molar-refractivity contribution < 1.29 is 27.1 Å².